The molecular formula is C20H18F4N2O4. The fourth-order valence-corrected chi connectivity index (χ4v) is 3.12. The number of rotatable bonds is 4. The Hall–Kier alpha value is -3.30. The minimum atomic E-state index is -4.50. The van der Waals surface area contributed by atoms with Crippen LogP contribution >= 0.6 is 0 Å². The number of hydrogen-bond donors (Lipinski definition) is 1. The molecule has 2 atom stereocenters. The Kier molecular flexibility index (Phi) is 6.14. The van der Waals surface area contributed by atoms with Crippen molar-refractivity contribution in [3.05, 3.63) is 59.9 Å². The fourth-order valence-electron chi connectivity index (χ4n) is 3.12. The van der Waals surface area contributed by atoms with Gasteiger partial charge in [0.1, 0.15) is 12.1 Å². The van der Waals surface area contributed by atoms with Gasteiger partial charge in [0.2, 0.25) is 0 Å². The first kappa shape index (κ1) is 21.4. The highest BCUT2D eigenvalue weighted by Gasteiger charge is 2.42. The second kappa shape index (κ2) is 8.60. The number of ether oxygens (including phenoxy) is 2. The van der Waals surface area contributed by atoms with Crippen LogP contribution in [0, 0.1) is 5.82 Å². The highest BCUT2D eigenvalue weighted by Crippen LogP contribution is 2.30. The number of amides is 2. The molecule has 1 aliphatic heterocycles. The van der Waals surface area contributed by atoms with Gasteiger partial charge in [-0.1, -0.05) is 12.1 Å². The topological polar surface area (TPSA) is 67.9 Å². The molecule has 0 saturated carbocycles. The molecular weight excluding hydrogens is 408 g/mol. The highest BCUT2D eigenvalue weighted by molar-refractivity contribution is 5.93. The van der Waals surface area contributed by atoms with Crippen LogP contribution in [0.15, 0.2) is 48.5 Å². The van der Waals surface area contributed by atoms with E-state index in [9.17, 15) is 27.2 Å². The number of methoxy groups -OCH3 is 1. The van der Waals surface area contributed by atoms with Crippen molar-refractivity contribution in [2.45, 2.75) is 24.7 Å². The summed E-state index contributed by atoms with van der Waals surface area (Å²) >= 11 is 0. The van der Waals surface area contributed by atoms with E-state index in [1.807, 2.05) is 0 Å². The lowest BCUT2D eigenvalue weighted by Gasteiger charge is -2.22. The van der Waals surface area contributed by atoms with Crippen LogP contribution in [0.5, 0.6) is 5.75 Å². The molecule has 0 radical (unpaired) electrons. The summed E-state index contributed by atoms with van der Waals surface area (Å²) in [4.78, 5) is 25.9. The number of urea groups is 1. The summed E-state index contributed by atoms with van der Waals surface area (Å²) in [5.41, 5.74) is -0.734. The summed E-state index contributed by atoms with van der Waals surface area (Å²) < 4.78 is 62.2. The fraction of sp³-hybridized carbons (Fsp3) is 0.300. The molecule has 6 nitrogen and oxygen atoms in total. The predicted octanol–water partition coefficient (Wildman–Crippen LogP) is 4.07. The third-order valence-electron chi connectivity index (χ3n) is 4.59. The Bertz CT molecular complexity index is 918. The van der Waals surface area contributed by atoms with Crippen LogP contribution in [0.2, 0.25) is 0 Å². The number of hydrogen-bond acceptors (Lipinski definition) is 4. The van der Waals surface area contributed by atoms with E-state index >= 15 is 0 Å². The highest BCUT2D eigenvalue weighted by atomic mass is 19.4. The first-order chi connectivity index (χ1) is 14.2. The van der Waals surface area contributed by atoms with Gasteiger partial charge in [-0.2, -0.15) is 13.2 Å². The van der Waals surface area contributed by atoms with Crippen molar-refractivity contribution in [2.75, 3.05) is 19.0 Å². The third-order valence-corrected chi connectivity index (χ3v) is 4.59. The lowest BCUT2D eigenvalue weighted by molar-refractivity contribution is -0.145. The Morgan fingerprint density at radius 2 is 1.77 bits per heavy atom. The van der Waals surface area contributed by atoms with E-state index in [1.54, 1.807) is 6.07 Å². The van der Waals surface area contributed by atoms with E-state index in [0.717, 1.165) is 29.2 Å². The Morgan fingerprint density at radius 1 is 1.10 bits per heavy atom. The summed E-state index contributed by atoms with van der Waals surface area (Å²) in [5.74, 6) is -1.28. The van der Waals surface area contributed by atoms with Crippen molar-refractivity contribution in [1.82, 2.24) is 4.90 Å². The van der Waals surface area contributed by atoms with Crippen LogP contribution in [-0.2, 0) is 15.7 Å². The average Bonchev–Trinajstić information content (AvgIpc) is 3.13. The summed E-state index contributed by atoms with van der Waals surface area (Å²) in [6.07, 6.45) is -5.10. The van der Waals surface area contributed by atoms with Crippen molar-refractivity contribution in [3.63, 3.8) is 0 Å². The lowest BCUT2D eigenvalue weighted by Crippen LogP contribution is -2.43. The molecule has 1 saturated heterocycles. The van der Waals surface area contributed by atoms with Gasteiger partial charge >= 0.3 is 18.2 Å². The minimum absolute atomic E-state index is 0.0175. The zero-order chi connectivity index (χ0) is 21.9. The second-order valence-electron chi connectivity index (χ2n) is 6.60. The normalized spacial score (nSPS) is 18.8. The number of nitrogens with one attached hydrogen (secondary N) is 1. The van der Waals surface area contributed by atoms with Crippen LogP contribution in [0.25, 0.3) is 0 Å². The van der Waals surface area contributed by atoms with Crippen LogP contribution < -0.4 is 10.1 Å². The van der Waals surface area contributed by atoms with E-state index in [0.29, 0.717) is 0 Å². The molecule has 30 heavy (non-hydrogen) atoms. The van der Waals surface area contributed by atoms with Gasteiger partial charge in [0.15, 0.2) is 11.6 Å². The predicted molar refractivity (Wildman–Crippen MR) is 98.4 cm³/mol. The molecule has 160 valence electrons. The molecule has 1 fully saturated rings. The molecule has 1 aliphatic rings. The van der Waals surface area contributed by atoms with E-state index in [-0.39, 0.29) is 24.4 Å². The molecule has 2 amide bonds. The molecule has 1 N–H and O–H groups in total. The standard InChI is InChI=1S/C20H18F4N2O4/c1-29-18(27)16-10-14(30-17-5-3-2-4-15(17)21)11-26(16)19(28)25-13-8-6-12(7-9-13)20(22,23)24/h2-9,14,16H,10-11H2,1H3,(H,25,28). The van der Waals surface area contributed by atoms with Crippen LogP contribution in [0.1, 0.15) is 12.0 Å². The van der Waals surface area contributed by atoms with Crippen LogP contribution in [0.3, 0.4) is 0 Å². The van der Waals surface area contributed by atoms with Crippen molar-refractivity contribution in [3.8, 4) is 5.75 Å². The third kappa shape index (κ3) is 4.81. The van der Waals surface area contributed by atoms with Gasteiger partial charge in [0, 0.05) is 12.1 Å². The molecule has 2 unspecified atom stereocenters. The van der Waals surface area contributed by atoms with Crippen molar-refractivity contribution >= 4 is 17.7 Å². The maximum absolute atomic E-state index is 13.8. The molecule has 1 heterocycles. The maximum atomic E-state index is 13.8. The number of alkyl halides is 3. The Labute approximate surface area is 169 Å². The molecule has 0 spiro atoms. The maximum Gasteiger partial charge on any atom is 0.416 e. The number of nitrogens with zero attached hydrogens (tertiary/aromatic N) is 1. The van der Waals surface area contributed by atoms with Gasteiger partial charge in [-0.3, -0.25) is 0 Å². The number of para-hydroxylation sites is 1. The number of halogens is 4. The summed E-state index contributed by atoms with van der Waals surface area (Å²) in [5, 5.41) is 2.45. The molecule has 0 aromatic heterocycles. The summed E-state index contributed by atoms with van der Waals surface area (Å²) in [7, 11) is 1.17. The van der Waals surface area contributed by atoms with Gasteiger partial charge < -0.3 is 19.7 Å². The SMILES string of the molecule is COC(=O)C1CC(Oc2ccccc2F)CN1C(=O)Nc1ccc(C(F)(F)F)cc1. The second-order valence-corrected chi connectivity index (χ2v) is 6.60. The zero-order valence-corrected chi connectivity index (χ0v) is 15.8. The van der Waals surface area contributed by atoms with Gasteiger partial charge in [-0.15, -0.1) is 0 Å². The Balaban J connectivity index is 1.72. The number of anilines is 1. The monoisotopic (exact) mass is 426 g/mol. The molecule has 3 rings (SSSR count). The largest absolute Gasteiger partial charge is 0.485 e. The first-order valence-corrected chi connectivity index (χ1v) is 8.93. The van der Waals surface area contributed by atoms with Crippen LogP contribution in [0.4, 0.5) is 28.0 Å². The van der Waals surface area contributed by atoms with Crippen molar-refractivity contribution in [2.24, 2.45) is 0 Å². The molecule has 2 aromatic carbocycles. The van der Waals surface area contributed by atoms with Gasteiger partial charge in [0.05, 0.1) is 19.2 Å². The molecule has 0 bridgehead atoms. The van der Waals surface area contributed by atoms with Gasteiger partial charge in [-0.05, 0) is 36.4 Å². The number of carbonyl (C=O) groups excluding carboxylic acids is 2. The van der Waals surface area contributed by atoms with Crippen molar-refractivity contribution < 1.29 is 36.6 Å². The first-order valence-electron chi connectivity index (χ1n) is 8.93. The number of esters is 1. The lowest BCUT2D eigenvalue weighted by atomic mass is 10.2. The molecule has 2 aromatic rings. The van der Waals surface area contributed by atoms with Crippen LogP contribution in [-0.4, -0.2) is 42.7 Å². The quantitative estimate of drug-likeness (QED) is 0.591. The van der Waals surface area contributed by atoms with Gasteiger partial charge in [0.25, 0.3) is 0 Å². The van der Waals surface area contributed by atoms with E-state index in [4.69, 9.17) is 9.47 Å². The smallest absolute Gasteiger partial charge is 0.416 e. The summed E-state index contributed by atoms with van der Waals surface area (Å²) in [6.45, 7) is -0.0411. The average molecular weight is 426 g/mol. The van der Waals surface area contributed by atoms with E-state index < -0.39 is 41.7 Å². The molecule has 0 aliphatic carbocycles. The zero-order valence-electron chi connectivity index (χ0n) is 15.8. The number of benzene rings is 2. The van der Waals surface area contributed by atoms with E-state index in [1.165, 1.54) is 25.3 Å². The van der Waals surface area contributed by atoms with Gasteiger partial charge in [-0.25, -0.2) is 14.0 Å². The number of carbonyl (C=O) groups is 2. The molecule has 10 heteroatoms. The van der Waals surface area contributed by atoms with Crippen molar-refractivity contribution in [1.29, 1.82) is 0 Å². The van der Waals surface area contributed by atoms with E-state index in [2.05, 4.69) is 5.32 Å². The summed E-state index contributed by atoms with van der Waals surface area (Å²) in [6, 6.07) is 7.91. The Morgan fingerprint density at radius 3 is 2.37 bits per heavy atom. The minimum Gasteiger partial charge on any atom is -0.485 e. The number of likely N-dealkylation sites (tertiary alicyclic amines) is 1.